The van der Waals surface area contributed by atoms with E-state index in [9.17, 15) is 10.1 Å². The summed E-state index contributed by atoms with van der Waals surface area (Å²) in [7, 11) is 0. The summed E-state index contributed by atoms with van der Waals surface area (Å²) in [4.78, 5) is 17.4. The summed E-state index contributed by atoms with van der Waals surface area (Å²) in [6.07, 6.45) is 7.58. The molecule has 1 N–H and O–H groups in total. The molecule has 2 aromatic rings. The molecule has 0 radical (unpaired) electrons. The fourth-order valence-corrected chi connectivity index (χ4v) is 1.84. The van der Waals surface area contributed by atoms with Crippen LogP contribution in [0.2, 0.25) is 0 Å². The smallest absolute Gasteiger partial charge is 0.269 e. The van der Waals surface area contributed by atoms with Crippen LogP contribution in [0.1, 0.15) is 24.2 Å². The highest BCUT2D eigenvalue weighted by Gasteiger charge is 2.03. The first-order valence-electron chi connectivity index (χ1n) is 5.97. The minimum atomic E-state index is -0.374. The zero-order valence-electron chi connectivity index (χ0n) is 10.4. The molecule has 0 aliphatic heterocycles. The zero-order valence-corrected chi connectivity index (χ0v) is 11.2. The van der Waals surface area contributed by atoms with Gasteiger partial charge in [-0.2, -0.15) is 0 Å². The van der Waals surface area contributed by atoms with Gasteiger partial charge in [0.05, 0.1) is 4.92 Å². The highest BCUT2D eigenvalue weighted by molar-refractivity contribution is 5.85. The van der Waals surface area contributed by atoms with Crippen molar-refractivity contribution in [3.63, 3.8) is 0 Å². The molecule has 0 atom stereocenters. The van der Waals surface area contributed by atoms with Gasteiger partial charge in [0.2, 0.25) is 0 Å². The lowest BCUT2D eigenvalue weighted by Gasteiger charge is -2.00. The molecule has 0 saturated carbocycles. The van der Waals surface area contributed by atoms with Crippen LogP contribution in [0.25, 0.3) is 0 Å². The van der Waals surface area contributed by atoms with E-state index in [1.165, 1.54) is 0 Å². The number of halogens is 1. The maximum absolute atomic E-state index is 10.5. The number of nitrogens with zero attached hydrogens (tertiary/aromatic N) is 2. The molecule has 1 heterocycles. The summed E-state index contributed by atoms with van der Waals surface area (Å²) in [6, 6.07) is 6.76. The predicted octanol–water partition coefficient (Wildman–Crippen LogP) is 3.31. The fourth-order valence-electron chi connectivity index (χ4n) is 1.84. The van der Waals surface area contributed by atoms with Gasteiger partial charge in [-0.1, -0.05) is 12.1 Å². The number of aryl methyl sites for hydroxylation is 2. The molecule has 0 unspecified atom stereocenters. The van der Waals surface area contributed by atoms with Gasteiger partial charge in [0.25, 0.3) is 5.69 Å². The monoisotopic (exact) mass is 281 g/mol. The van der Waals surface area contributed by atoms with E-state index >= 15 is 0 Å². The van der Waals surface area contributed by atoms with Crippen LogP contribution in [0.4, 0.5) is 5.69 Å². The van der Waals surface area contributed by atoms with Gasteiger partial charge in [0.1, 0.15) is 5.82 Å². The first kappa shape index (κ1) is 15.2. The number of H-pyrrole nitrogens is 1. The number of nitro benzene ring substituents is 1. The van der Waals surface area contributed by atoms with E-state index in [2.05, 4.69) is 9.97 Å². The summed E-state index contributed by atoms with van der Waals surface area (Å²) in [5.74, 6) is 1.01. The molecule has 102 valence electrons. The van der Waals surface area contributed by atoms with Crippen molar-refractivity contribution in [2.75, 3.05) is 0 Å². The normalized spacial score (nSPS) is 9.89. The number of imidazole rings is 1. The molecule has 1 aromatic carbocycles. The average molecular weight is 282 g/mol. The van der Waals surface area contributed by atoms with Crippen molar-refractivity contribution in [3.8, 4) is 0 Å². The Morgan fingerprint density at radius 2 is 1.84 bits per heavy atom. The van der Waals surface area contributed by atoms with Crippen LogP contribution in [0.3, 0.4) is 0 Å². The highest BCUT2D eigenvalue weighted by atomic mass is 35.5. The fraction of sp³-hybridized carbons (Fsp3) is 0.308. The van der Waals surface area contributed by atoms with Gasteiger partial charge in [0.15, 0.2) is 0 Å². The first-order valence-corrected chi connectivity index (χ1v) is 5.97. The number of aromatic amines is 1. The lowest BCUT2D eigenvalue weighted by atomic mass is 10.1. The molecule has 0 saturated heterocycles. The number of non-ortho nitro benzene ring substituents is 1. The van der Waals surface area contributed by atoms with Gasteiger partial charge >= 0.3 is 0 Å². The van der Waals surface area contributed by atoms with Crippen molar-refractivity contribution in [2.24, 2.45) is 0 Å². The molecule has 2 rings (SSSR count). The van der Waals surface area contributed by atoms with Crippen LogP contribution < -0.4 is 0 Å². The third-order valence-corrected chi connectivity index (χ3v) is 2.83. The Balaban J connectivity index is 0.00000180. The average Bonchev–Trinajstić information content (AvgIpc) is 2.88. The van der Waals surface area contributed by atoms with Gasteiger partial charge in [-0.05, 0) is 24.8 Å². The quantitative estimate of drug-likeness (QED) is 0.501. The largest absolute Gasteiger partial charge is 0.349 e. The Hall–Kier alpha value is -1.88. The third kappa shape index (κ3) is 4.71. The molecular weight excluding hydrogens is 266 g/mol. The van der Waals surface area contributed by atoms with Crippen molar-refractivity contribution in [1.29, 1.82) is 0 Å². The van der Waals surface area contributed by atoms with Gasteiger partial charge in [-0.3, -0.25) is 10.1 Å². The second-order valence-electron chi connectivity index (χ2n) is 4.17. The van der Waals surface area contributed by atoms with Gasteiger partial charge < -0.3 is 4.98 Å². The molecule has 0 bridgehead atoms. The van der Waals surface area contributed by atoms with E-state index in [1.54, 1.807) is 18.3 Å². The first-order chi connectivity index (χ1) is 8.75. The lowest BCUT2D eigenvalue weighted by molar-refractivity contribution is -0.384. The summed E-state index contributed by atoms with van der Waals surface area (Å²) in [5, 5.41) is 10.5. The topological polar surface area (TPSA) is 71.8 Å². The van der Waals surface area contributed by atoms with E-state index in [0.29, 0.717) is 0 Å². The van der Waals surface area contributed by atoms with E-state index in [4.69, 9.17) is 0 Å². The Morgan fingerprint density at radius 3 is 2.42 bits per heavy atom. The maximum atomic E-state index is 10.5. The van der Waals surface area contributed by atoms with E-state index in [1.807, 2.05) is 18.3 Å². The molecule has 0 amide bonds. The standard InChI is InChI=1S/C13H15N3O2.ClH/c17-16(18)12-7-5-11(6-8-12)3-1-2-4-13-14-9-10-15-13;/h5-10H,1-4H2,(H,14,15);1H. The lowest BCUT2D eigenvalue weighted by Crippen LogP contribution is -1.92. The van der Waals surface area contributed by atoms with E-state index in [0.717, 1.165) is 37.1 Å². The van der Waals surface area contributed by atoms with Gasteiger partial charge in [0, 0.05) is 30.9 Å². The second kappa shape index (κ2) is 7.53. The van der Waals surface area contributed by atoms with Crippen molar-refractivity contribution >= 4 is 18.1 Å². The summed E-state index contributed by atoms with van der Waals surface area (Å²) >= 11 is 0. The predicted molar refractivity (Wildman–Crippen MR) is 75.6 cm³/mol. The second-order valence-corrected chi connectivity index (χ2v) is 4.17. The Morgan fingerprint density at radius 1 is 1.16 bits per heavy atom. The SMILES string of the molecule is Cl.O=[N+]([O-])c1ccc(CCCCc2ncc[nH]2)cc1. The number of hydrogen-bond donors (Lipinski definition) is 1. The van der Waals surface area contributed by atoms with E-state index < -0.39 is 0 Å². The summed E-state index contributed by atoms with van der Waals surface area (Å²) in [6.45, 7) is 0. The van der Waals surface area contributed by atoms with Crippen molar-refractivity contribution < 1.29 is 4.92 Å². The van der Waals surface area contributed by atoms with Crippen LogP contribution in [0.15, 0.2) is 36.7 Å². The number of unbranched alkanes of at least 4 members (excludes halogenated alkanes) is 1. The molecular formula is C13H16ClN3O2. The molecule has 0 spiro atoms. The number of nitro groups is 1. The minimum absolute atomic E-state index is 0. The molecule has 0 aliphatic carbocycles. The highest BCUT2D eigenvalue weighted by Crippen LogP contribution is 2.14. The molecule has 5 nitrogen and oxygen atoms in total. The molecule has 0 fully saturated rings. The molecule has 1 aromatic heterocycles. The van der Waals surface area contributed by atoms with Crippen molar-refractivity contribution in [2.45, 2.75) is 25.7 Å². The number of nitrogens with one attached hydrogen (secondary N) is 1. The third-order valence-electron chi connectivity index (χ3n) is 2.83. The maximum Gasteiger partial charge on any atom is 0.269 e. The van der Waals surface area contributed by atoms with Gasteiger partial charge in [-0.15, -0.1) is 12.4 Å². The van der Waals surface area contributed by atoms with E-state index in [-0.39, 0.29) is 23.0 Å². The Labute approximate surface area is 117 Å². The molecule has 6 heteroatoms. The van der Waals surface area contributed by atoms with Crippen LogP contribution in [0.5, 0.6) is 0 Å². The minimum Gasteiger partial charge on any atom is -0.349 e. The van der Waals surface area contributed by atoms with Gasteiger partial charge in [-0.25, -0.2) is 4.98 Å². The number of aromatic nitrogens is 2. The number of rotatable bonds is 6. The summed E-state index contributed by atoms with van der Waals surface area (Å²) in [5.41, 5.74) is 1.29. The number of hydrogen-bond acceptors (Lipinski definition) is 3. The summed E-state index contributed by atoms with van der Waals surface area (Å²) < 4.78 is 0. The van der Waals surface area contributed by atoms with Crippen LogP contribution >= 0.6 is 12.4 Å². The molecule has 0 aliphatic rings. The molecule has 19 heavy (non-hydrogen) atoms. The number of benzene rings is 1. The Bertz CT molecular complexity index is 497. The van der Waals surface area contributed by atoms with Crippen LogP contribution in [-0.4, -0.2) is 14.9 Å². The van der Waals surface area contributed by atoms with Crippen molar-refractivity contribution in [3.05, 3.63) is 58.2 Å². The van der Waals surface area contributed by atoms with Crippen LogP contribution in [0, 0.1) is 10.1 Å². The van der Waals surface area contributed by atoms with Crippen molar-refractivity contribution in [1.82, 2.24) is 9.97 Å². The zero-order chi connectivity index (χ0) is 12.8. The Kier molecular flexibility index (Phi) is 6.02. The van der Waals surface area contributed by atoms with Crippen LogP contribution in [-0.2, 0) is 12.8 Å².